The SMILES string of the molecule is O=C(NC1CCCC1)c1ccc[n+](CCC[n+]2cccc(/C=N/O)c2)c1. The second-order valence-electron chi connectivity index (χ2n) is 6.76. The van der Waals surface area contributed by atoms with Gasteiger partial charge in [-0.15, -0.1) is 0 Å². The summed E-state index contributed by atoms with van der Waals surface area (Å²) >= 11 is 0. The maximum Gasteiger partial charge on any atom is 0.257 e. The zero-order valence-corrected chi connectivity index (χ0v) is 14.9. The Morgan fingerprint density at radius 2 is 1.85 bits per heavy atom. The molecule has 0 aromatic carbocycles. The molecule has 136 valence electrons. The molecule has 26 heavy (non-hydrogen) atoms. The highest BCUT2D eigenvalue weighted by Crippen LogP contribution is 2.17. The fraction of sp³-hybridized carbons (Fsp3) is 0.400. The molecule has 0 bridgehead atoms. The molecule has 3 rings (SSSR count). The van der Waals surface area contributed by atoms with Crippen LogP contribution in [0.5, 0.6) is 0 Å². The Morgan fingerprint density at radius 3 is 2.58 bits per heavy atom. The maximum atomic E-state index is 12.4. The van der Waals surface area contributed by atoms with Gasteiger partial charge in [-0.3, -0.25) is 4.79 Å². The zero-order chi connectivity index (χ0) is 18.2. The fourth-order valence-electron chi connectivity index (χ4n) is 3.39. The van der Waals surface area contributed by atoms with E-state index in [1.165, 1.54) is 19.1 Å². The van der Waals surface area contributed by atoms with Crippen molar-refractivity contribution in [2.24, 2.45) is 5.16 Å². The number of pyridine rings is 2. The number of carbonyl (C=O) groups excluding carboxylic acids is 1. The Bertz CT molecular complexity index is 770. The number of hydrogen-bond acceptors (Lipinski definition) is 3. The summed E-state index contributed by atoms with van der Waals surface area (Å²) in [5.74, 6) is 0.0246. The Kier molecular flexibility index (Phi) is 6.30. The van der Waals surface area contributed by atoms with Crippen molar-refractivity contribution < 1.29 is 19.1 Å². The van der Waals surface area contributed by atoms with Crippen molar-refractivity contribution >= 4 is 12.1 Å². The highest BCUT2D eigenvalue weighted by molar-refractivity contribution is 5.93. The second-order valence-corrected chi connectivity index (χ2v) is 6.76. The summed E-state index contributed by atoms with van der Waals surface area (Å²) in [7, 11) is 0. The lowest BCUT2D eigenvalue weighted by molar-refractivity contribution is -0.727. The van der Waals surface area contributed by atoms with Gasteiger partial charge in [0.15, 0.2) is 37.9 Å². The largest absolute Gasteiger partial charge is 0.411 e. The molecule has 1 aliphatic rings. The van der Waals surface area contributed by atoms with Crippen LogP contribution in [-0.4, -0.2) is 23.4 Å². The van der Waals surface area contributed by atoms with Crippen molar-refractivity contribution in [2.45, 2.75) is 51.2 Å². The fourth-order valence-corrected chi connectivity index (χ4v) is 3.39. The Labute approximate surface area is 153 Å². The lowest BCUT2D eigenvalue weighted by Crippen LogP contribution is -2.40. The first-order valence-electron chi connectivity index (χ1n) is 9.21. The molecule has 0 radical (unpaired) electrons. The number of aromatic nitrogens is 2. The molecule has 2 aromatic rings. The Balaban J connectivity index is 1.53. The van der Waals surface area contributed by atoms with E-state index in [-0.39, 0.29) is 5.91 Å². The average molecular weight is 354 g/mol. The molecular formula is C20H26N4O2+2. The van der Waals surface area contributed by atoms with Crippen molar-refractivity contribution in [3.8, 4) is 0 Å². The molecule has 0 saturated heterocycles. The summed E-state index contributed by atoms with van der Waals surface area (Å²) in [6.45, 7) is 1.68. The number of nitrogens with zero attached hydrogens (tertiary/aromatic N) is 3. The summed E-state index contributed by atoms with van der Waals surface area (Å²) in [5, 5.41) is 14.8. The summed E-state index contributed by atoms with van der Waals surface area (Å²) in [4.78, 5) is 12.4. The summed E-state index contributed by atoms with van der Waals surface area (Å²) < 4.78 is 4.12. The highest BCUT2D eigenvalue weighted by atomic mass is 16.4. The molecule has 0 unspecified atom stereocenters. The molecule has 0 aliphatic heterocycles. The van der Waals surface area contributed by atoms with Crippen molar-refractivity contribution in [1.29, 1.82) is 0 Å². The van der Waals surface area contributed by atoms with Gasteiger partial charge < -0.3 is 10.5 Å². The maximum absolute atomic E-state index is 12.4. The predicted octanol–water partition coefficient (Wildman–Crippen LogP) is 1.83. The van der Waals surface area contributed by atoms with Crippen LogP contribution < -0.4 is 14.5 Å². The molecule has 1 amide bonds. The molecule has 2 N–H and O–H groups in total. The number of carbonyl (C=O) groups is 1. The molecule has 2 heterocycles. The van der Waals surface area contributed by atoms with E-state index in [1.807, 2.05) is 49.1 Å². The minimum atomic E-state index is 0.0246. The third-order valence-corrected chi connectivity index (χ3v) is 4.73. The van der Waals surface area contributed by atoms with Crippen LogP contribution in [-0.2, 0) is 13.1 Å². The van der Waals surface area contributed by atoms with Crippen molar-refractivity contribution in [2.75, 3.05) is 0 Å². The van der Waals surface area contributed by atoms with Gasteiger partial charge in [-0.05, 0) is 25.0 Å². The van der Waals surface area contributed by atoms with E-state index in [0.717, 1.165) is 37.9 Å². The van der Waals surface area contributed by atoms with Crippen LogP contribution in [0.2, 0.25) is 0 Å². The van der Waals surface area contributed by atoms with Gasteiger partial charge in [0, 0.05) is 18.2 Å². The van der Waals surface area contributed by atoms with Gasteiger partial charge in [0.25, 0.3) is 5.91 Å². The van der Waals surface area contributed by atoms with E-state index < -0.39 is 0 Å². The Hall–Kier alpha value is -2.76. The number of rotatable bonds is 7. The molecule has 2 aromatic heterocycles. The van der Waals surface area contributed by atoms with E-state index in [4.69, 9.17) is 5.21 Å². The summed E-state index contributed by atoms with van der Waals surface area (Å²) in [6, 6.07) is 7.94. The van der Waals surface area contributed by atoms with E-state index >= 15 is 0 Å². The summed E-state index contributed by atoms with van der Waals surface area (Å²) in [5.41, 5.74) is 1.57. The number of amides is 1. The lowest BCUT2D eigenvalue weighted by Gasteiger charge is -2.11. The van der Waals surface area contributed by atoms with Crippen LogP contribution in [0.3, 0.4) is 0 Å². The minimum absolute atomic E-state index is 0.0246. The molecule has 0 spiro atoms. The topological polar surface area (TPSA) is 69.5 Å². The third kappa shape index (κ3) is 5.12. The van der Waals surface area contributed by atoms with Gasteiger partial charge in [-0.2, -0.15) is 0 Å². The first-order valence-corrected chi connectivity index (χ1v) is 9.21. The molecule has 1 fully saturated rings. The van der Waals surface area contributed by atoms with Crippen LogP contribution in [0.15, 0.2) is 54.2 Å². The van der Waals surface area contributed by atoms with Crippen LogP contribution >= 0.6 is 0 Å². The third-order valence-electron chi connectivity index (χ3n) is 4.73. The summed E-state index contributed by atoms with van der Waals surface area (Å²) in [6.07, 6.45) is 14.8. The number of aryl methyl sites for hydroxylation is 2. The molecule has 0 atom stereocenters. The highest BCUT2D eigenvalue weighted by Gasteiger charge is 2.19. The van der Waals surface area contributed by atoms with Crippen LogP contribution in [0.1, 0.15) is 48.0 Å². The van der Waals surface area contributed by atoms with Crippen molar-refractivity contribution in [1.82, 2.24) is 5.32 Å². The quantitative estimate of drug-likeness (QED) is 0.345. The van der Waals surface area contributed by atoms with Crippen molar-refractivity contribution in [3.05, 3.63) is 60.2 Å². The minimum Gasteiger partial charge on any atom is -0.411 e. The zero-order valence-electron chi connectivity index (χ0n) is 14.9. The number of hydrogen-bond donors (Lipinski definition) is 2. The smallest absolute Gasteiger partial charge is 0.257 e. The van der Waals surface area contributed by atoms with Crippen LogP contribution in [0.25, 0.3) is 0 Å². The van der Waals surface area contributed by atoms with E-state index in [9.17, 15) is 4.79 Å². The molecule has 6 heteroatoms. The average Bonchev–Trinajstić information content (AvgIpc) is 3.16. The monoisotopic (exact) mass is 354 g/mol. The van der Waals surface area contributed by atoms with Crippen LogP contribution in [0, 0.1) is 0 Å². The van der Waals surface area contributed by atoms with Gasteiger partial charge in [0.05, 0.1) is 18.2 Å². The first-order chi connectivity index (χ1) is 12.7. The van der Waals surface area contributed by atoms with E-state index in [1.54, 1.807) is 0 Å². The lowest BCUT2D eigenvalue weighted by atomic mass is 10.2. The van der Waals surface area contributed by atoms with E-state index in [0.29, 0.717) is 11.6 Å². The predicted molar refractivity (Wildman–Crippen MR) is 97.0 cm³/mol. The van der Waals surface area contributed by atoms with Crippen LogP contribution in [0.4, 0.5) is 0 Å². The Morgan fingerprint density at radius 1 is 1.15 bits per heavy atom. The molecular weight excluding hydrogens is 328 g/mol. The van der Waals surface area contributed by atoms with Crippen molar-refractivity contribution in [3.63, 3.8) is 0 Å². The van der Waals surface area contributed by atoms with Gasteiger partial charge in [-0.25, -0.2) is 9.13 Å². The normalized spacial score (nSPS) is 14.8. The standard InChI is InChI=1S/C20H24N4O2/c25-20(22-19-8-1-2-9-19)18-7-4-11-24(16-18)13-5-12-23-10-3-6-17(15-23)14-21-26/h3-4,6-7,10-11,14-16,19H,1-2,5,8-9,12-13H2/p+2/b21-14+. The van der Waals surface area contributed by atoms with E-state index in [2.05, 4.69) is 19.6 Å². The number of nitrogens with one attached hydrogen (secondary N) is 1. The molecule has 1 saturated carbocycles. The van der Waals surface area contributed by atoms with Gasteiger partial charge in [-0.1, -0.05) is 18.0 Å². The van der Waals surface area contributed by atoms with Gasteiger partial charge in [0.1, 0.15) is 5.56 Å². The molecule has 1 aliphatic carbocycles. The second kappa shape index (κ2) is 9.08. The number of oxime groups is 1. The molecule has 6 nitrogen and oxygen atoms in total. The van der Waals surface area contributed by atoms with Gasteiger partial charge >= 0.3 is 0 Å². The van der Waals surface area contributed by atoms with Gasteiger partial charge in [0.2, 0.25) is 0 Å². The first kappa shape index (κ1) is 18.0.